The van der Waals surface area contributed by atoms with Crippen molar-refractivity contribution in [1.29, 1.82) is 0 Å². The molecule has 0 spiro atoms. The topological polar surface area (TPSA) is 29.5 Å². The van der Waals surface area contributed by atoms with E-state index in [2.05, 4.69) is 0 Å². The third-order valence-electron chi connectivity index (χ3n) is 3.75. The van der Waals surface area contributed by atoms with Crippen molar-refractivity contribution in [1.82, 2.24) is 0 Å². The first-order valence-electron chi connectivity index (χ1n) is 6.79. The van der Waals surface area contributed by atoms with Crippen molar-refractivity contribution in [2.24, 2.45) is 0 Å². The molecule has 1 N–H and O–H groups in total. The van der Waals surface area contributed by atoms with E-state index in [9.17, 15) is 31.4 Å². The third kappa shape index (κ3) is 2.36. The van der Waals surface area contributed by atoms with Crippen LogP contribution in [0.4, 0.5) is 26.3 Å². The van der Waals surface area contributed by atoms with Crippen LogP contribution in [-0.2, 0) is 0 Å². The molecule has 3 aromatic carbocycles. The number of hydrogen-bond acceptors (Lipinski definition) is 2. The number of phenolic OH excluding ortho intramolecular Hbond substituents is 1. The molecule has 0 saturated carbocycles. The van der Waals surface area contributed by atoms with Gasteiger partial charge in [0.25, 0.3) is 0 Å². The molecule has 0 heterocycles. The van der Waals surface area contributed by atoms with Crippen molar-refractivity contribution in [2.45, 2.75) is 0 Å². The van der Waals surface area contributed by atoms with Gasteiger partial charge in [-0.05, 0) is 17.7 Å². The number of methoxy groups -OCH3 is 1. The van der Waals surface area contributed by atoms with Gasteiger partial charge in [0.2, 0.25) is 0 Å². The number of hydrogen-bond donors (Lipinski definition) is 1. The highest BCUT2D eigenvalue weighted by Crippen LogP contribution is 2.43. The van der Waals surface area contributed by atoms with Crippen molar-refractivity contribution in [3.8, 4) is 22.6 Å². The van der Waals surface area contributed by atoms with E-state index in [0.717, 1.165) is 0 Å². The number of ether oxygens (including phenoxy) is 1. The van der Waals surface area contributed by atoms with E-state index in [1.165, 1.54) is 31.4 Å². The Labute approximate surface area is 136 Å². The fourth-order valence-electron chi connectivity index (χ4n) is 2.53. The summed E-state index contributed by atoms with van der Waals surface area (Å²) in [6, 6.07) is 5.13. The number of fused-ring (bicyclic) bond motifs is 1. The lowest BCUT2D eigenvalue weighted by atomic mass is 9.97. The highest BCUT2D eigenvalue weighted by atomic mass is 19.2. The predicted octanol–water partition coefficient (Wildman–Crippen LogP) is 5.06. The summed E-state index contributed by atoms with van der Waals surface area (Å²) in [7, 11) is 1.36. The molecular formula is C17H8F6O2. The maximum Gasteiger partial charge on any atom is 0.198 e. The van der Waals surface area contributed by atoms with Gasteiger partial charge in [0.1, 0.15) is 11.5 Å². The smallest absolute Gasteiger partial charge is 0.198 e. The van der Waals surface area contributed by atoms with E-state index in [1.54, 1.807) is 0 Å². The average molecular weight is 358 g/mol. The van der Waals surface area contributed by atoms with Crippen LogP contribution >= 0.6 is 0 Å². The van der Waals surface area contributed by atoms with E-state index >= 15 is 0 Å². The lowest BCUT2D eigenvalue weighted by molar-refractivity contribution is 0.409. The van der Waals surface area contributed by atoms with E-state index in [1.807, 2.05) is 0 Å². The third-order valence-corrected chi connectivity index (χ3v) is 3.75. The predicted molar refractivity (Wildman–Crippen MR) is 77.3 cm³/mol. The summed E-state index contributed by atoms with van der Waals surface area (Å²) in [6.07, 6.45) is 0. The van der Waals surface area contributed by atoms with Gasteiger partial charge < -0.3 is 9.84 Å². The zero-order valence-electron chi connectivity index (χ0n) is 12.4. The molecule has 2 nitrogen and oxygen atoms in total. The van der Waals surface area contributed by atoms with Gasteiger partial charge in [0.05, 0.1) is 23.4 Å². The summed E-state index contributed by atoms with van der Waals surface area (Å²) in [5.41, 5.74) is -0.932. The van der Waals surface area contributed by atoms with Crippen molar-refractivity contribution in [2.75, 3.05) is 7.11 Å². The van der Waals surface area contributed by atoms with E-state index < -0.39 is 57.0 Å². The molecule has 0 amide bonds. The van der Waals surface area contributed by atoms with Crippen molar-refractivity contribution in [3.05, 3.63) is 59.2 Å². The van der Waals surface area contributed by atoms with Crippen molar-refractivity contribution >= 4 is 10.8 Å². The largest absolute Gasteiger partial charge is 0.506 e. The van der Waals surface area contributed by atoms with Crippen LogP contribution in [0.15, 0.2) is 24.3 Å². The Morgan fingerprint density at radius 2 is 1.16 bits per heavy atom. The Morgan fingerprint density at radius 3 is 1.68 bits per heavy atom. The van der Waals surface area contributed by atoms with Crippen LogP contribution in [0.5, 0.6) is 11.5 Å². The molecule has 3 rings (SSSR count). The lowest BCUT2D eigenvalue weighted by Gasteiger charge is -2.14. The second kappa shape index (κ2) is 5.87. The summed E-state index contributed by atoms with van der Waals surface area (Å²) in [6.45, 7) is 0. The number of phenols is 1. The summed E-state index contributed by atoms with van der Waals surface area (Å²) in [4.78, 5) is 0. The van der Waals surface area contributed by atoms with Crippen LogP contribution in [0.2, 0.25) is 0 Å². The highest BCUT2D eigenvalue weighted by molar-refractivity contribution is 5.96. The lowest BCUT2D eigenvalue weighted by Crippen LogP contribution is -2.03. The van der Waals surface area contributed by atoms with Crippen LogP contribution in [0.3, 0.4) is 0 Å². The molecule has 0 aliphatic carbocycles. The molecule has 8 heteroatoms. The summed E-state index contributed by atoms with van der Waals surface area (Å²) in [5.74, 6) is -13.3. The van der Waals surface area contributed by atoms with E-state index in [4.69, 9.17) is 4.74 Å². The van der Waals surface area contributed by atoms with Crippen LogP contribution in [0.1, 0.15) is 0 Å². The van der Waals surface area contributed by atoms with Crippen LogP contribution in [-0.4, -0.2) is 12.2 Å². The molecule has 0 saturated heterocycles. The maximum atomic E-state index is 14.3. The zero-order valence-corrected chi connectivity index (χ0v) is 12.4. The Bertz CT molecular complexity index is 999. The fraction of sp³-hybridized carbons (Fsp3) is 0.0588. The zero-order chi connectivity index (χ0) is 18.5. The number of rotatable bonds is 2. The first-order chi connectivity index (χ1) is 11.8. The Kier molecular flexibility index (Phi) is 3.98. The molecule has 0 radical (unpaired) electrons. The molecule has 0 aliphatic rings. The summed E-state index contributed by atoms with van der Waals surface area (Å²) < 4.78 is 87.9. The molecule has 25 heavy (non-hydrogen) atoms. The molecule has 0 unspecified atom stereocenters. The minimum atomic E-state index is -2.31. The van der Waals surface area contributed by atoms with Gasteiger partial charge in [0, 0.05) is 0 Å². The number of benzene rings is 3. The second-order valence-corrected chi connectivity index (χ2v) is 5.09. The van der Waals surface area contributed by atoms with Crippen LogP contribution in [0, 0.1) is 34.9 Å². The average Bonchev–Trinajstić information content (AvgIpc) is 2.61. The molecule has 0 aliphatic heterocycles. The molecule has 0 fully saturated rings. The molecule has 0 atom stereocenters. The van der Waals surface area contributed by atoms with E-state index in [0.29, 0.717) is 5.75 Å². The van der Waals surface area contributed by atoms with Crippen molar-refractivity contribution in [3.63, 3.8) is 0 Å². The van der Waals surface area contributed by atoms with Gasteiger partial charge in [-0.1, -0.05) is 12.1 Å². The van der Waals surface area contributed by atoms with Gasteiger partial charge >= 0.3 is 0 Å². The maximum absolute atomic E-state index is 14.3. The fourth-order valence-corrected chi connectivity index (χ4v) is 2.53. The number of halogens is 6. The van der Waals surface area contributed by atoms with Gasteiger partial charge in [-0.2, -0.15) is 0 Å². The second-order valence-electron chi connectivity index (χ2n) is 5.09. The summed E-state index contributed by atoms with van der Waals surface area (Å²) >= 11 is 0. The van der Waals surface area contributed by atoms with Gasteiger partial charge in [-0.3, -0.25) is 0 Å². The monoisotopic (exact) mass is 358 g/mol. The minimum absolute atomic E-state index is 0.110. The first kappa shape index (κ1) is 16.9. The molecular weight excluding hydrogens is 350 g/mol. The molecule has 130 valence electrons. The Morgan fingerprint density at radius 1 is 0.680 bits per heavy atom. The van der Waals surface area contributed by atoms with E-state index in [-0.39, 0.29) is 5.56 Å². The molecule has 3 aromatic rings. The van der Waals surface area contributed by atoms with Crippen molar-refractivity contribution < 1.29 is 36.2 Å². The summed E-state index contributed by atoms with van der Waals surface area (Å²) in [5, 5.41) is 7.32. The van der Waals surface area contributed by atoms with Gasteiger partial charge in [-0.15, -0.1) is 0 Å². The van der Waals surface area contributed by atoms with Gasteiger partial charge in [0.15, 0.2) is 34.9 Å². The van der Waals surface area contributed by atoms with Crippen LogP contribution < -0.4 is 4.74 Å². The standard InChI is InChI=1S/C17H8F6O2/c1-25-7-4-2-6(3-5-7)8-11(18)12(19)9-10(17(8)24)14(21)16(23)15(22)13(9)20/h2-5,24H,1H3. The Balaban J connectivity index is 2.46. The number of aromatic hydroxyl groups is 1. The first-order valence-corrected chi connectivity index (χ1v) is 6.79. The van der Waals surface area contributed by atoms with Gasteiger partial charge in [-0.25, -0.2) is 26.3 Å². The quantitative estimate of drug-likeness (QED) is 0.394. The van der Waals surface area contributed by atoms with Crippen LogP contribution in [0.25, 0.3) is 21.9 Å². The normalized spacial score (nSPS) is 11.2. The minimum Gasteiger partial charge on any atom is -0.506 e. The Hall–Kier alpha value is -2.90. The highest BCUT2D eigenvalue weighted by Gasteiger charge is 2.30. The molecule has 0 bridgehead atoms. The molecule has 0 aromatic heterocycles. The SMILES string of the molecule is COc1ccc(-c2c(F)c(F)c3c(F)c(F)c(F)c(F)c3c2O)cc1.